The number of benzene rings is 2. The molecule has 2 aromatic carbocycles. The van der Waals surface area contributed by atoms with Crippen molar-refractivity contribution in [1.82, 2.24) is 9.88 Å². The number of anilines is 1. The maximum absolute atomic E-state index is 5.72. The van der Waals surface area contributed by atoms with Crippen LogP contribution in [0.3, 0.4) is 0 Å². The Morgan fingerprint density at radius 3 is 2.69 bits per heavy atom. The Kier molecular flexibility index (Phi) is 6.15. The van der Waals surface area contributed by atoms with Crippen LogP contribution in [0.4, 0.5) is 5.82 Å². The van der Waals surface area contributed by atoms with E-state index in [2.05, 4.69) is 57.7 Å². The molecule has 0 amide bonds. The van der Waals surface area contributed by atoms with Crippen molar-refractivity contribution in [2.75, 3.05) is 32.1 Å². The third-order valence-electron chi connectivity index (χ3n) is 5.54. The number of hydrogen-bond acceptors (Lipinski definition) is 5. The molecule has 0 spiro atoms. The summed E-state index contributed by atoms with van der Waals surface area (Å²) in [4.78, 5) is 7.09. The second-order valence-electron chi connectivity index (χ2n) is 7.49. The SMILES string of the molecule is CCOc1cc(CN2CCC(Nc3nccc4ccccc34)CC2)ccc1OC. The predicted octanol–water partition coefficient (Wildman–Crippen LogP) is 4.72. The standard InChI is InChI=1S/C24H29N3O2/c1-3-29-23-16-18(8-9-22(23)28-2)17-27-14-11-20(12-15-27)26-24-21-7-5-4-6-19(21)10-13-25-24/h4-10,13,16,20H,3,11-12,14-15,17H2,1-2H3,(H,25,26). The number of fused-ring (bicyclic) bond motifs is 1. The van der Waals surface area contributed by atoms with Crippen LogP contribution in [0, 0.1) is 0 Å². The first-order valence-electron chi connectivity index (χ1n) is 10.4. The molecule has 3 aromatic rings. The quantitative estimate of drug-likeness (QED) is 0.631. The molecular weight excluding hydrogens is 362 g/mol. The summed E-state index contributed by atoms with van der Waals surface area (Å²) in [6, 6.07) is 17.2. The number of rotatable bonds is 7. The zero-order valence-corrected chi connectivity index (χ0v) is 17.2. The van der Waals surface area contributed by atoms with Gasteiger partial charge in [-0.2, -0.15) is 0 Å². The van der Waals surface area contributed by atoms with E-state index in [1.807, 2.05) is 19.2 Å². The van der Waals surface area contributed by atoms with Gasteiger partial charge < -0.3 is 14.8 Å². The summed E-state index contributed by atoms with van der Waals surface area (Å²) in [5, 5.41) is 6.10. The molecule has 1 fully saturated rings. The highest BCUT2D eigenvalue weighted by molar-refractivity contribution is 5.91. The Labute approximate surface area is 172 Å². The lowest BCUT2D eigenvalue weighted by Gasteiger charge is -2.33. The molecule has 0 radical (unpaired) electrons. The molecule has 2 heterocycles. The maximum atomic E-state index is 5.72. The van der Waals surface area contributed by atoms with Gasteiger partial charge in [-0.3, -0.25) is 4.90 Å². The van der Waals surface area contributed by atoms with Gasteiger partial charge in [0.1, 0.15) is 5.82 Å². The number of likely N-dealkylation sites (tertiary alicyclic amines) is 1. The first-order valence-corrected chi connectivity index (χ1v) is 10.4. The van der Waals surface area contributed by atoms with Crippen LogP contribution >= 0.6 is 0 Å². The fourth-order valence-corrected chi connectivity index (χ4v) is 4.01. The molecule has 1 aliphatic heterocycles. The number of hydrogen-bond donors (Lipinski definition) is 1. The van der Waals surface area contributed by atoms with Gasteiger partial charge in [0.05, 0.1) is 13.7 Å². The molecule has 0 atom stereocenters. The van der Waals surface area contributed by atoms with E-state index in [4.69, 9.17) is 9.47 Å². The van der Waals surface area contributed by atoms with Crippen molar-refractivity contribution in [3.63, 3.8) is 0 Å². The second kappa shape index (κ2) is 9.14. The molecule has 1 aromatic heterocycles. The molecule has 1 aliphatic rings. The highest BCUT2D eigenvalue weighted by atomic mass is 16.5. The minimum Gasteiger partial charge on any atom is -0.493 e. The Morgan fingerprint density at radius 1 is 1.07 bits per heavy atom. The van der Waals surface area contributed by atoms with Crippen LogP contribution in [0.2, 0.25) is 0 Å². The maximum Gasteiger partial charge on any atom is 0.161 e. The fourth-order valence-electron chi connectivity index (χ4n) is 4.01. The smallest absolute Gasteiger partial charge is 0.161 e. The molecule has 29 heavy (non-hydrogen) atoms. The normalized spacial score (nSPS) is 15.4. The van der Waals surface area contributed by atoms with Crippen LogP contribution in [0.5, 0.6) is 11.5 Å². The van der Waals surface area contributed by atoms with Gasteiger partial charge in [0, 0.05) is 37.3 Å². The zero-order valence-electron chi connectivity index (χ0n) is 17.2. The van der Waals surface area contributed by atoms with E-state index >= 15 is 0 Å². The van der Waals surface area contributed by atoms with Crippen molar-refractivity contribution in [1.29, 1.82) is 0 Å². The highest BCUT2D eigenvalue weighted by Gasteiger charge is 2.20. The van der Waals surface area contributed by atoms with Crippen LogP contribution in [0.15, 0.2) is 54.7 Å². The number of nitrogens with one attached hydrogen (secondary N) is 1. The molecule has 4 rings (SSSR count). The van der Waals surface area contributed by atoms with E-state index in [-0.39, 0.29) is 0 Å². The predicted molar refractivity (Wildman–Crippen MR) is 118 cm³/mol. The lowest BCUT2D eigenvalue weighted by atomic mass is 10.0. The topological polar surface area (TPSA) is 46.6 Å². The summed E-state index contributed by atoms with van der Waals surface area (Å²) in [6.07, 6.45) is 4.11. The van der Waals surface area contributed by atoms with Gasteiger partial charge in [0.2, 0.25) is 0 Å². The average Bonchev–Trinajstić information content (AvgIpc) is 2.76. The van der Waals surface area contributed by atoms with Gasteiger partial charge in [0.15, 0.2) is 11.5 Å². The number of pyridine rings is 1. The van der Waals surface area contributed by atoms with Crippen molar-refractivity contribution in [3.8, 4) is 11.5 Å². The van der Waals surface area contributed by atoms with Gasteiger partial charge in [-0.15, -0.1) is 0 Å². The Morgan fingerprint density at radius 2 is 1.90 bits per heavy atom. The van der Waals surface area contributed by atoms with E-state index in [9.17, 15) is 0 Å². The van der Waals surface area contributed by atoms with E-state index in [0.717, 1.165) is 49.8 Å². The number of piperidine rings is 1. The summed E-state index contributed by atoms with van der Waals surface area (Å²) < 4.78 is 11.1. The molecule has 152 valence electrons. The van der Waals surface area contributed by atoms with Crippen molar-refractivity contribution in [3.05, 3.63) is 60.3 Å². The minimum absolute atomic E-state index is 0.458. The minimum atomic E-state index is 0.458. The van der Waals surface area contributed by atoms with Crippen LogP contribution in [-0.4, -0.2) is 42.7 Å². The summed E-state index contributed by atoms with van der Waals surface area (Å²) in [5.41, 5.74) is 1.26. The van der Waals surface area contributed by atoms with Gasteiger partial charge in [-0.1, -0.05) is 30.3 Å². The molecule has 0 aliphatic carbocycles. The van der Waals surface area contributed by atoms with Crippen molar-refractivity contribution >= 4 is 16.6 Å². The summed E-state index contributed by atoms with van der Waals surface area (Å²) >= 11 is 0. The number of aromatic nitrogens is 1. The summed E-state index contributed by atoms with van der Waals surface area (Å²) in [5.74, 6) is 2.62. The molecule has 5 nitrogen and oxygen atoms in total. The van der Waals surface area contributed by atoms with Crippen molar-refractivity contribution < 1.29 is 9.47 Å². The first-order chi connectivity index (χ1) is 14.3. The fraction of sp³-hybridized carbons (Fsp3) is 0.375. The number of nitrogens with zero attached hydrogens (tertiary/aromatic N) is 2. The first kappa shape index (κ1) is 19.5. The van der Waals surface area contributed by atoms with Gasteiger partial charge >= 0.3 is 0 Å². The lowest BCUT2D eigenvalue weighted by molar-refractivity contribution is 0.210. The molecule has 1 saturated heterocycles. The van der Waals surface area contributed by atoms with Gasteiger partial charge in [-0.05, 0) is 48.9 Å². The van der Waals surface area contributed by atoms with Crippen LogP contribution in [0.1, 0.15) is 25.3 Å². The van der Waals surface area contributed by atoms with Crippen LogP contribution in [-0.2, 0) is 6.54 Å². The molecule has 0 bridgehead atoms. The van der Waals surface area contributed by atoms with E-state index in [0.29, 0.717) is 12.6 Å². The molecule has 5 heteroatoms. The molecule has 0 saturated carbocycles. The molecule has 0 unspecified atom stereocenters. The number of ether oxygens (including phenoxy) is 2. The van der Waals surface area contributed by atoms with Crippen molar-refractivity contribution in [2.45, 2.75) is 32.4 Å². The summed E-state index contributed by atoms with van der Waals surface area (Å²) in [7, 11) is 1.68. The Bertz CT molecular complexity index is 947. The summed E-state index contributed by atoms with van der Waals surface area (Å²) in [6.45, 7) is 5.70. The Balaban J connectivity index is 1.35. The third-order valence-corrected chi connectivity index (χ3v) is 5.54. The molecule has 1 N–H and O–H groups in total. The van der Waals surface area contributed by atoms with Crippen LogP contribution < -0.4 is 14.8 Å². The van der Waals surface area contributed by atoms with E-state index < -0.39 is 0 Å². The second-order valence-corrected chi connectivity index (χ2v) is 7.49. The zero-order chi connectivity index (χ0) is 20.1. The van der Waals surface area contributed by atoms with Gasteiger partial charge in [0.25, 0.3) is 0 Å². The van der Waals surface area contributed by atoms with E-state index in [1.54, 1.807) is 7.11 Å². The van der Waals surface area contributed by atoms with Crippen molar-refractivity contribution in [2.24, 2.45) is 0 Å². The Hall–Kier alpha value is -2.79. The molecular formula is C24H29N3O2. The number of methoxy groups -OCH3 is 1. The largest absolute Gasteiger partial charge is 0.493 e. The van der Waals surface area contributed by atoms with Crippen LogP contribution in [0.25, 0.3) is 10.8 Å². The lowest BCUT2D eigenvalue weighted by Crippen LogP contribution is -2.38. The van der Waals surface area contributed by atoms with E-state index in [1.165, 1.54) is 16.3 Å². The third kappa shape index (κ3) is 4.62. The van der Waals surface area contributed by atoms with Gasteiger partial charge in [-0.25, -0.2) is 4.98 Å². The highest BCUT2D eigenvalue weighted by Crippen LogP contribution is 2.29. The monoisotopic (exact) mass is 391 g/mol. The average molecular weight is 392 g/mol.